The Hall–Kier alpha value is -1.11. The van der Waals surface area contributed by atoms with E-state index in [2.05, 4.69) is 20.4 Å². The Morgan fingerprint density at radius 1 is 1.57 bits per heavy atom. The van der Waals surface area contributed by atoms with Crippen LogP contribution in [0.4, 0.5) is 0 Å². The van der Waals surface area contributed by atoms with Gasteiger partial charge in [-0.3, -0.25) is 9.36 Å². The first-order valence-electron chi connectivity index (χ1n) is 7.76. The van der Waals surface area contributed by atoms with Crippen molar-refractivity contribution < 1.29 is 4.74 Å². The number of fused-ring (bicyclic) bond motifs is 3. The minimum atomic E-state index is -0.190. The van der Waals surface area contributed by atoms with E-state index < -0.39 is 0 Å². The minimum absolute atomic E-state index is 0.0557. The van der Waals surface area contributed by atoms with Gasteiger partial charge in [-0.1, -0.05) is 30.8 Å². The summed E-state index contributed by atoms with van der Waals surface area (Å²) in [6.07, 6.45) is 3.66. The van der Waals surface area contributed by atoms with Gasteiger partial charge in [-0.05, 0) is 32.1 Å². The van der Waals surface area contributed by atoms with Crippen LogP contribution in [0.2, 0.25) is 0 Å². The molecule has 0 aromatic carbocycles. The molecule has 0 radical (unpaired) electrons. The highest BCUT2D eigenvalue weighted by molar-refractivity contribution is 7.98. The number of hydrogen-bond acceptors (Lipinski definition) is 5. The maximum absolute atomic E-state index is 13.1. The summed E-state index contributed by atoms with van der Waals surface area (Å²) >= 11 is 3.10. The van der Waals surface area contributed by atoms with Crippen LogP contribution in [0.5, 0.6) is 0 Å². The lowest BCUT2D eigenvalue weighted by Gasteiger charge is -2.32. The standard InChI is InChI=1S/C17H22N2O2S2/c1-6-17(4)7-11-12(9-21-17)23-14-13(11)15(20)19(8-10(2)3)16(18-14)22-5/h2,6-9H2,1,3-5H3/t17-/m1/s1. The zero-order valence-electron chi connectivity index (χ0n) is 14.1. The zero-order chi connectivity index (χ0) is 16.8. The fourth-order valence-corrected chi connectivity index (χ4v) is 4.63. The van der Waals surface area contributed by atoms with Gasteiger partial charge in [0.25, 0.3) is 5.56 Å². The van der Waals surface area contributed by atoms with Crippen LogP contribution >= 0.6 is 23.1 Å². The number of thioether (sulfide) groups is 1. The van der Waals surface area contributed by atoms with Crippen LogP contribution in [0.3, 0.4) is 0 Å². The second kappa shape index (κ2) is 6.07. The predicted octanol–water partition coefficient (Wildman–Crippen LogP) is 4.00. The first kappa shape index (κ1) is 16.7. The van der Waals surface area contributed by atoms with Crippen molar-refractivity contribution in [2.75, 3.05) is 6.26 Å². The third-order valence-electron chi connectivity index (χ3n) is 4.42. The van der Waals surface area contributed by atoms with Gasteiger partial charge >= 0.3 is 0 Å². The first-order valence-corrected chi connectivity index (χ1v) is 9.80. The third-order valence-corrected chi connectivity index (χ3v) is 6.20. The molecule has 1 atom stereocenters. The average molecular weight is 351 g/mol. The molecule has 0 unspecified atom stereocenters. The van der Waals surface area contributed by atoms with E-state index in [0.29, 0.717) is 13.2 Å². The van der Waals surface area contributed by atoms with Crippen LogP contribution in [0, 0.1) is 0 Å². The Labute approximate surface area is 144 Å². The van der Waals surface area contributed by atoms with Crippen LogP contribution in [-0.4, -0.2) is 21.4 Å². The van der Waals surface area contributed by atoms with E-state index in [1.165, 1.54) is 11.8 Å². The van der Waals surface area contributed by atoms with Gasteiger partial charge in [-0.2, -0.15) is 0 Å². The van der Waals surface area contributed by atoms with Crippen molar-refractivity contribution in [2.24, 2.45) is 0 Å². The SMILES string of the molecule is C=C(C)Cn1c(SC)nc2sc3c(c2c1=O)C[C@@](C)(CC)OC3. The monoisotopic (exact) mass is 350 g/mol. The van der Waals surface area contributed by atoms with E-state index in [0.717, 1.165) is 44.2 Å². The van der Waals surface area contributed by atoms with E-state index in [1.807, 2.05) is 13.2 Å². The molecular formula is C17H22N2O2S2. The molecule has 1 aliphatic rings. The van der Waals surface area contributed by atoms with Crippen molar-refractivity contribution in [1.82, 2.24) is 9.55 Å². The summed E-state index contributed by atoms with van der Waals surface area (Å²) in [5.41, 5.74) is 1.96. The van der Waals surface area contributed by atoms with Crippen molar-refractivity contribution in [3.8, 4) is 0 Å². The normalized spacial score (nSPS) is 20.7. The van der Waals surface area contributed by atoms with Crippen LogP contribution in [0.1, 0.15) is 37.6 Å². The van der Waals surface area contributed by atoms with Crippen molar-refractivity contribution in [3.63, 3.8) is 0 Å². The summed E-state index contributed by atoms with van der Waals surface area (Å²) in [5, 5.41) is 1.54. The molecule has 0 spiro atoms. The Balaban J connectivity index is 2.25. The highest BCUT2D eigenvalue weighted by Gasteiger charge is 2.33. The molecule has 0 amide bonds. The number of aromatic nitrogens is 2. The second-order valence-electron chi connectivity index (χ2n) is 6.40. The van der Waals surface area contributed by atoms with Gasteiger partial charge in [-0.15, -0.1) is 11.3 Å². The zero-order valence-corrected chi connectivity index (χ0v) is 15.7. The molecule has 0 fully saturated rings. The van der Waals surface area contributed by atoms with Crippen molar-refractivity contribution in [2.45, 2.75) is 57.5 Å². The minimum Gasteiger partial charge on any atom is -0.369 e. The Morgan fingerprint density at radius 3 is 2.91 bits per heavy atom. The summed E-state index contributed by atoms with van der Waals surface area (Å²) in [6, 6.07) is 0. The molecule has 124 valence electrons. The van der Waals surface area contributed by atoms with Crippen molar-refractivity contribution in [1.29, 1.82) is 0 Å². The molecule has 6 heteroatoms. The molecule has 23 heavy (non-hydrogen) atoms. The maximum atomic E-state index is 13.1. The fourth-order valence-electron chi connectivity index (χ4n) is 2.93. The van der Waals surface area contributed by atoms with Gasteiger partial charge in [0.15, 0.2) is 5.16 Å². The van der Waals surface area contributed by atoms with Gasteiger partial charge in [0.2, 0.25) is 0 Å². The quantitative estimate of drug-likeness (QED) is 0.475. The molecule has 2 aromatic heterocycles. The average Bonchev–Trinajstić information content (AvgIpc) is 2.87. The fraction of sp³-hybridized carbons (Fsp3) is 0.529. The van der Waals surface area contributed by atoms with Gasteiger partial charge < -0.3 is 4.74 Å². The summed E-state index contributed by atoms with van der Waals surface area (Å²) in [6.45, 7) is 11.2. The van der Waals surface area contributed by atoms with Crippen LogP contribution < -0.4 is 5.56 Å². The molecule has 0 aliphatic carbocycles. The predicted molar refractivity (Wildman–Crippen MR) is 97.7 cm³/mol. The lowest BCUT2D eigenvalue weighted by Crippen LogP contribution is -2.34. The number of ether oxygens (including phenoxy) is 1. The van der Waals surface area contributed by atoms with E-state index in [1.54, 1.807) is 15.9 Å². The topological polar surface area (TPSA) is 44.1 Å². The van der Waals surface area contributed by atoms with E-state index in [4.69, 9.17) is 9.72 Å². The van der Waals surface area contributed by atoms with Crippen LogP contribution in [0.25, 0.3) is 10.2 Å². The van der Waals surface area contributed by atoms with Crippen molar-refractivity contribution in [3.05, 3.63) is 32.9 Å². The molecule has 0 N–H and O–H groups in total. The third kappa shape index (κ3) is 2.88. The summed E-state index contributed by atoms with van der Waals surface area (Å²) in [5.74, 6) is 0. The van der Waals surface area contributed by atoms with Crippen LogP contribution in [-0.2, 0) is 24.3 Å². The largest absolute Gasteiger partial charge is 0.369 e. The van der Waals surface area contributed by atoms with Gasteiger partial charge in [0, 0.05) is 17.8 Å². The number of rotatable bonds is 4. The molecular weight excluding hydrogens is 328 g/mol. The summed E-state index contributed by atoms with van der Waals surface area (Å²) in [7, 11) is 0. The van der Waals surface area contributed by atoms with Crippen LogP contribution in [0.15, 0.2) is 22.1 Å². The van der Waals surface area contributed by atoms with Gasteiger partial charge in [0.05, 0.1) is 17.6 Å². The van der Waals surface area contributed by atoms with Crippen molar-refractivity contribution >= 4 is 33.3 Å². The molecule has 0 saturated carbocycles. The Bertz CT molecular complexity index is 837. The number of thiophene rings is 1. The van der Waals surface area contributed by atoms with E-state index in [-0.39, 0.29) is 11.2 Å². The number of hydrogen-bond donors (Lipinski definition) is 0. The second-order valence-corrected chi connectivity index (χ2v) is 8.26. The maximum Gasteiger partial charge on any atom is 0.263 e. The van der Waals surface area contributed by atoms with Gasteiger partial charge in [-0.25, -0.2) is 4.98 Å². The highest BCUT2D eigenvalue weighted by atomic mass is 32.2. The molecule has 1 aliphatic heterocycles. The first-order chi connectivity index (χ1) is 10.9. The molecule has 3 heterocycles. The Kier molecular flexibility index (Phi) is 4.42. The summed E-state index contributed by atoms with van der Waals surface area (Å²) in [4.78, 5) is 19.8. The smallest absolute Gasteiger partial charge is 0.263 e. The summed E-state index contributed by atoms with van der Waals surface area (Å²) < 4.78 is 7.77. The van der Waals surface area contributed by atoms with Gasteiger partial charge in [0.1, 0.15) is 4.83 Å². The number of nitrogens with zero attached hydrogens (tertiary/aromatic N) is 2. The molecule has 0 saturated heterocycles. The number of allylic oxidation sites excluding steroid dienone is 1. The molecule has 4 nitrogen and oxygen atoms in total. The Morgan fingerprint density at radius 2 is 2.30 bits per heavy atom. The van der Waals surface area contributed by atoms with E-state index >= 15 is 0 Å². The lowest BCUT2D eigenvalue weighted by molar-refractivity contribution is -0.0543. The molecule has 0 bridgehead atoms. The lowest BCUT2D eigenvalue weighted by atomic mass is 9.90. The highest BCUT2D eigenvalue weighted by Crippen LogP contribution is 2.38. The van der Waals surface area contributed by atoms with E-state index in [9.17, 15) is 4.79 Å². The molecule has 2 aromatic rings. The molecule has 3 rings (SSSR count).